The van der Waals surface area contributed by atoms with Crippen molar-refractivity contribution in [3.8, 4) is 0 Å². The molecule has 0 aromatic carbocycles. The molecule has 3 N–H and O–H groups in total. The van der Waals surface area contributed by atoms with E-state index in [1.807, 2.05) is 0 Å². The summed E-state index contributed by atoms with van der Waals surface area (Å²) >= 11 is 1.32. The van der Waals surface area contributed by atoms with Gasteiger partial charge in [0.15, 0.2) is 5.76 Å². The summed E-state index contributed by atoms with van der Waals surface area (Å²) in [4.78, 5) is 15.3. The third-order valence-corrected chi connectivity index (χ3v) is 3.09. The SMILES string of the molecule is CC(C)Cc1nsc(NCc2ccc(C(N)=O)o2)n1. The fourth-order valence-corrected chi connectivity index (χ4v) is 2.13. The van der Waals surface area contributed by atoms with Gasteiger partial charge in [-0.3, -0.25) is 4.79 Å². The third-order valence-electron chi connectivity index (χ3n) is 2.38. The fourth-order valence-electron chi connectivity index (χ4n) is 1.54. The monoisotopic (exact) mass is 280 g/mol. The number of anilines is 1. The average Bonchev–Trinajstić information content (AvgIpc) is 2.94. The van der Waals surface area contributed by atoms with Gasteiger partial charge in [-0.15, -0.1) is 0 Å². The van der Waals surface area contributed by atoms with Crippen LogP contribution in [0, 0.1) is 5.92 Å². The maximum atomic E-state index is 10.9. The van der Waals surface area contributed by atoms with Crippen LogP contribution in [0.4, 0.5) is 5.13 Å². The molecule has 0 unspecified atom stereocenters. The maximum absolute atomic E-state index is 10.9. The predicted molar refractivity (Wildman–Crippen MR) is 73.0 cm³/mol. The third kappa shape index (κ3) is 3.78. The number of nitrogens with two attached hydrogens (primary N) is 1. The Balaban J connectivity index is 1.90. The zero-order chi connectivity index (χ0) is 13.8. The smallest absolute Gasteiger partial charge is 0.284 e. The molecule has 0 fully saturated rings. The number of primary amides is 1. The summed E-state index contributed by atoms with van der Waals surface area (Å²) in [5.41, 5.74) is 5.11. The molecule has 0 radical (unpaired) electrons. The lowest BCUT2D eigenvalue weighted by Crippen LogP contribution is -2.09. The Kier molecular flexibility index (Phi) is 4.16. The van der Waals surface area contributed by atoms with Gasteiger partial charge in [-0.1, -0.05) is 13.8 Å². The molecule has 0 aliphatic rings. The van der Waals surface area contributed by atoms with E-state index in [0.29, 0.717) is 18.2 Å². The van der Waals surface area contributed by atoms with Crippen molar-refractivity contribution < 1.29 is 9.21 Å². The van der Waals surface area contributed by atoms with Crippen molar-refractivity contribution in [3.05, 3.63) is 29.5 Å². The van der Waals surface area contributed by atoms with E-state index in [0.717, 1.165) is 17.4 Å². The van der Waals surface area contributed by atoms with Crippen LogP contribution in [0.25, 0.3) is 0 Å². The molecule has 19 heavy (non-hydrogen) atoms. The van der Waals surface area contributed by atoms with E-state index in [1.54, 1.807) is 12.1 Å². The van der Waals surface area contributed by atoms with Crippen LogP contribution < -0.4 is 11.1 Å². The van der Waals surface area contributed by atoms with Crippen LogP contribution in [-0.4, -0.2) is 15.3 Å². The Morgan fingerprint density at radius 3 is 2.95 bits per heavy atom. The number of amides is 1. The number of carbonyl (C=O) groups excluding carboxylic acids is 1. The number of furan rings is 1. The number of hydrogen-bond acceptors (Lipinski definition) is 6. The summed E-state index contributed by atoms with van der Waals surface area (Å²) in [6.45, 7) is 4.70. The van der Waals surface area contributed by atoms with Crippen LogP contribution in [0.15, 0.2) is 16.5 Å². The molecule has 0 spiro atoms. The molecule has 0 saturated heterocycles. The summed E-state index contributed by atoms with van der Waals surface area (Å²) in [6.07, 6.45) is 0.866. The van der Waals surface area contributed by atoms with Crippen LogP contribution in [0.1, 0.15) is 36.0 Å². The maximum Gasteiger partial charge on any atom is 0.284 e. The molecule has 0 aliphatic carbocycles. The van der Waals surface area contributed by atoms with Gasteiger partial charge >= 0.3 is 0 Å². The van der Waals surface area contributed by atoms with Gasteiger partial charge in [-0.05, 0) is 18.1 Å². The molecule has 2 aromatic heterocycles. The first-order chi connectivity index (χ1) is 9.04. The Hall–Kier alpha value is -1.89. The van der Waals surface area contributed by atoms with Gasteiger partial charge in [0, 0.05) is 18.0 Å². The zero-order valence-corrected chi connectivity index (χ0v) is 11.7. The fraction of sp³-hybridized carbons (Fsp3) is 0.417. The predicted octanol–water partition coefficient (Wildman–Crippen LogP) is 2.04. The lowest BCUT2D eigenvalue weighted by Gasteiger charge is -1.99. The number of hydrogen-bond donors (Lipinski definition) is 2. The van der Waals surface area contributed by atoms with Crippen molar-refractivity contribution in [3.63, 3.8) is 0 Å². The Labute approximate surface area is 115 Å². The number of nitrogens with zero attached hydrogens (tertiary/aromatic N) is 2. The van der Waals surface area contributed by atoms with Gasteiger partial charge in [0.05, 0.1) is 6.54 Å². The first-order valence-corrected chi connectivity index (χ1v) is 6.77. The topological polar surface area (TPSA) is 94.0 Å². The van der Waals surface area contributed by atoms with Gasteiger partial charge in [-0.2, -0.15) is 4.37 Å². The van der Waals surface area contributed by atoms with E-state index >= 15 is 0 Å². The highest BCUT2D eigenvalue weighted by Crippen LogP contribution is 2.15. The lowest BCUT2D eigenvalue weighted by atomic mass is 10.1. The second-order valence-electron chi connectivity index (χ2n) is 4.60. The molecule has 0 aliphatic heterocycles. The highest BCUT2D eigenvalue weighted by molar-refractivity contribution is 7.09. The van der Waals surface area contributed by atoms with Gasteiger partial charge in [0.25, 0.3) is 5.91 Å². The van der Waals surface area contributed by atoms with Crippen molar-refractivity contribution >= 4 is 22.6 Å². The zero-order valence-electron chi connectivity index (χ0n) is 10.8. The summed E-state index contributed by atoms with van der Waals surface area (Å²) in [7, 11) is 0. The van der Waals surface area contributed by atoms with Gasteiger partial charge < -0.3 is 15.5 Å². The summed E-state index contributed by atoms with van der Waals surface area (Å²) in [5.74, 6) is 1.61. The first-order valence-electron chi connectivity index (χ1n) is 5.99. The molecule has 102 valence electrons. The molecule has 6 nitrogen and oxygen atoms in total. The van der Waals surface area contributed by atoms with Gasteiger partial charge in [0.1, 0.15) is 11.6 Å². The minimum Gasteiger partial charge on any atom is -0.454 e. The van der Waals surface area contributed by atoms with Crippen LogP contribution in [0.2, 0.25) is 0 Å². The summed E-state index contributed by atoms with van der Waals surface area (Å²) in [5, 5.41) is 3.85. The summed E-state index contributed by atoms with van der Waals surface area (Å²) in [6, 6.07) is 3.27. The van der Waals surface area contributed by atoms with Crippen molar-refractivity contribution in [2.45, 2.75) is 26.8 Å². The molecule has 0 saturated carbocycles. The minimum absolute atomic E-state index is 0.162. The van der Waals surface area contributed by atoms with Crippen LogP contribution in [0.3, 0.4) is 0 Å². The van der Waals surface area contributed by atoms with E-state index < -0.39 is 5.91 Å². The number of nitrogens with one attached hydrogen (secondary N) is 1. The largest absolute Gasteiger partial charge is 0.454 e. The molecule has 2 heterocycles. The quantitative estimate of drug-likeness (QED) is 0.844. The molecule has 2 aromatic rings. The van der Waals surface area contributed by atoms with E-state index in [2.05, 4.69) is 28.5 Å². The minimum atomic E-state index is -0.568. The Bertz CT molecular complexity index is 562. The molecular weight excluding hydrogens is 264 g/mol. The molecule has 0 bridgehead atoms. The highest BCUT2D eigenvalue weighted by Gasteiger charge is 2.09. The summed E-state index contributed by atoms with van der Waals surface area (Å²) < 4.78 is 9.52. The number of rotatable bonds is 6. The number of aromatic nitrogens is 2. The Morgan fingerprint density at radius 1 is 1.53 bits per heavy atom. The van der Waals surface area contributed by atoms with E-state index in [4.69, 9.17) is 10.2 Å². The van der Waals surface area contributed by atoms with E-state index in [9.17, 15) is 4.79 Å². The second kappa shape index (κ2) is 5.83. The molecule has 7 heteroatoms. The van der Waals surface area contributed by atoms with E-state index in [-0.39, 0.29) is 5.76 Å². The molecule has 2 rings (SSSR count). The van der Waals surface area contributed by atoms with Crippen molar-refractivity contribution in [2.24, 2.45) is 11.7 Å². The second-order valence-corrected chi connectivity index (χ2v) is 5.35. The normalized spacial score (nSPS) is 10.9. The van der Waals surface area contributed by atoms with Crippen LogP contribution in [0.5, 0.6) is 0 Å². The van der Waals surface area contributed by atoms with Crippen molar-refractivity contribution in [1.82, 2.24) is 9.36 Å². The van der Waals surface area contributed by atoms with Crippen molar-refractivity contribution in [1.29, 1.82) is 0 Å². The first kappa shape index (κ1) is 13.5. The van der Waals surface area contributed by atoms with Crippen LogP contribution in [-0.2, 0) is 13.0 Å². The standard InChI is InChI=1S/C12H16N4O2S/c1-7(2)5-10-15-12(19-16-10)14-6-8-3-4-9(18-8)11(13)17/h3-4,7H,5-6H2,1-2H3,(H2,13,17)(H,14,15,16). The molecule has 1 amide bonds. The Morgan fingerprint density at radius 2 is 2.32 bits per heavy atom. The molecular formula is C12H16N4O2S. The highest BCUT2D eigenvalue weighted by atomic mass is 32.1. The lowest BCUT2D eigenvalue weighted by molar-refractivity contribution is 0.0972. The van der Waals surface area contributed by atoms with Gasteiger partial charge in [-0.25, -0.2) is 4.98 Å². The van der Waals surface area contributed by atoms with Crippen molar-refractivity contribution in [2.75, 3.05) is 5.32 Å². The van der Waals surface area contributed by atoms with Gasteiger partial charge in [0.2, 0.25) is 5.13 Å². The average molecular weight is 280 g/mol. The van der Waals surface area contributed by atoms with E-state index in [1.165, 1.54) is 11.5 Å². The van der Waals surface area contributed by atoms with Crippen LogP contribution >= 0.6 is 11.5 Å². The number of carbonyl (C=O) groups is 1. The molecule has 0 atom stereocenters.